The van der Waals surface area contributed by atoms with E-state index >= 15 is 0 Å². The second-order valence-corrected chi connectivity index (χ2v) is 6.46. The molecule has 1 aromatic carbocycles. The number of hydrogen-bond donors (Lipinski definition) is 0. The fraction of sp³-hybridized carbons (Fsp3) is 0.438. The summed E-state index contributed by atoms with van der Waals surface area (Å²) >= 11 is 1.61. The average Bonchev–Trinajstić information content (AvgIpc) is 3.10. The van der Waals surface area contributed by atoms with Crippen LogP contribution in [0, 0.1) is 11.3 Å². The summed E-state index contributed by atoms with van der Waals surface area (Å²) in [4.78, 5) is 18.2. The average molecular weight is 331 g/mol. The second kappa shape index (κ2) is 6.94. The van der Waals surface area contributed by atoms with Gasteiger partial charge in [0.15, 0.2) is 0 Å². The highest BCUT2D eigenvalue weighted by molar-refractivity contribution is 7.18. The number of rotatable bonds is 6. The number of aryl methyl sites for hydroxylation is 1. The van der Waals surface area contributed by atoms with Crippen LogP contribution in [0.2, 0.25) is 0 Å². The Balaban J connectivity index is 1.77. The Morgan fingerprint density at radius 3 is 3.22 bits per heavy atom. The fourth-order valence-electron chi connectivity index (χ4n) is 2.56. The molecule has 2 aromatic rings. The second-order valence-electron chi connectivity index (χ2n) is 5.34. The molecule has 23 heavy (non-hydrogen) atoms. The summed E-state index contributed by atoms with van der Waals surface area (Å²) in [5, 5.41) is 9.62. The largest absolute Gasteiger partial charge is 0.441 e. The molecule has 0 spiro atoms. The van der Waals surface area contributed by atoms with Crippen LogP contribution in [0.15, 0.2) is 18.2 Å². The van der Waals surface area contributed by atoms with E-state index in [0.717, 1.165) is 33.8 Å². The highest BCUT2D eigenvalue weighted by atomic mass is 32.1. The lowest BCUT2D eigenvalue weighted by atomic mass is 10.2. The van der Waals surface area contributed by atoms with Crippen molar-refractivity contribution >= 4 is 33.3 Å². The highest BCUT2D eigenvalue weighted by Gasteiger charge is 2.32. The van der Waals surface area contributed by atoms with Gasteiger partial charge >= 0.3 is 6.09 Å². The molecule has 0 unspecified atom stereocenters. The van der Waals surface area contributed by atoms with Crippen LogP contribution in [0.25, 0.3) is 10.2 Å². The number of amides is 1. The Morgan fingerprint density at radius 1 is 1.57 bits per heavy atom. The number of fused-ring (bicyclic) bond motifs is 1. The lowest BCUT2D eigenvalue weighted by Gasteiger charge is -2.12. The van der Waals surface area contributed by atoms with Crippen molar-refractivity contribution in [3.8, 4) is 6.07 Å². The third-order valence-corrected chi connectivity index (χ3v) is 4.71. The van der Waals surface area contributed by atoms with Gasteiger partial charge in [0.1, 0.15) is 6.10 Å². The molecule has 2 heterocycles. The number of anilines is 1. The Bertz CT molecular complexity index is 753. The molecule has 1 amide bonds. The minimum absolute atomic E-state index is 0.230. The SMILES string of the molecule is COC[C@@H]1CN(c2ccc3nc(CCCC#N)sc3c2)C(=O)O1. The van der Waals surface area contributed by atoms with E-state index in [1.54, 1.807) is 23.3 Å². The van der Waals surface area contributed by atoms with Gasteiger partial charge in [-0.15, -0.1) is 11.3 Å². The normalized spacial score (nSPS) is 17.5. The van der Waals surface area contributed by atoms with Crippen LogP contribution >= 0.6 is 11.3 Å². The summed E-state index contributed by atoms with van der Waals surface area (Å²) < 4.78 is 11.4. The van der Waals surface area contributed by atoms with Crippen LogP contribution in [-0.2, 0) is 15.9 Å². The van der Waals surface area contributed by atoms with Gasteiger partial charge in [0.2, 0.25) is 0 Å². The summed E-state index contributed by atoms with van der Waals surface area (Å²) in [6, 6.07) is 7.92. The first-order valence-electron chi connectivity index (χ1n) is 7.45. The van der Waals surface area contributed by atoms with Gasteiger partial charge < -0.3 is 9.47 Å². The number of nitriles is 1. The van der Waals surface area contributed by atoms with E-state index in [9.17, 15) is 4.79 Å². The molecule has 0 bridgehead atoms. The summed E-state index contributed by atoms with van der Waals surface area (Å²) in [6.45, 7) is 0.889. The summed E-state index contributed by atoms with van der Waals surface area (Å²) in [7, 11) is 1.59. The lowest BCUT2D eigenvalue weighted by molar-refractivity contribution is 0.0718. The molecule has 3 rings (SSSR count). The van der Waals surface area contributed by atoms with Crippen LogP contribution < -0.4 is 4.90 Å². The van der Waals surface area contributed by atoms with Crippen LogP contribution in [0.1, 0.15) is 17.8 Å². The van der Waals surface area contributed by atoms with Crippen molar-refractivity contribution in [3.05, 3.63) is 23.2 Å². The number of thiazole rings is 1. The molecule has 1 aromatic heterocycles. The van der Waals surface area contributed by atoms with Crippen molar-refractivity contribution in [1.29, 1.82) is 5.26 Å². The zero-order valence-electron chi connectivity index (χ0n) is 12.8. The number of aromatic nitrogens is 1. The Hall–Kier alpha value is -2.17. The Morgan fingerprint density at radius 2 is 2.43 bits per heavy atom. The topological polar surface area (TPSA) is 75.5 Å². The minimum atomic E-state index is -0.342. The zero-order chi connectivity index (χ0) is 16.2. The smallest absolute Gasteiger partial charge is 0.414 e. The Kier molecular flexibility index (Phi) is 4.74. The maximum absolute atomic E-state index is 12.0. The number of methoxy groups -OCH3 is 1. The van der Waals surface area contributed by atoms with E-state index in [4.69, 9.17) is 14.7 Å². The van der Waals surface area contributed by atoms with Crippen molar-refractivity contribution in [2.45, 2.75) is 25.4 Å². The van der Waals surface area contributed by atoms with E-state index in [0.29, 0.717) is 19.6 Å². The van der Waals surface area contributed by atoms with Crippen molar-refractivity contribution in [3.63, 3.8) is 0 Å². The molecule has 0 N–H and O–H groups in total. The van der Waals surface area contributed by atoms with Gasteiger partial charge in [0.05, 0.1) is 34.4 Å². The Labute approximate surface area is 138 Å². The van der Waals surface area contributed by atoms with Crippen LogP contribution in [0.3, 0.4) is 0 Å². The molecule has 0 radical (unpaired) electrons. The van der Waals surface area contributed by atoms with Gasteiger partial charge in [-0.3, -0.25) is 4.90 Å². The third kappa shape index (κ3) is 3.44. The molecule has 1 fully saturated rings. The van der Waals surface area contributed by atoms with Gasteiger partial charge in [-0.1, -0.05) is 0 Å². The predicted molar refractivity (Wildman–Crippen MR) is 87.7 cm³/mol. The number of benzene rings is 1. The van der Waals surface area contributed by atoms with Gasteiger partial charge in [-0.05, 0) is 24.6 Å². The van der Waals surface area contributed by atoms with E-state index in [1.807, 2.05) is 18.2 Å². The maximum atomic E-state index is 12.0. The van der Waals surface area contributed by atoms with E-state index in [2.05, 4.69) is 11.1 Å². The van der Waals surface area contributed by atoms with Gasteiger partial charge in [-0.2, -0.15) is 5.26 Å². The summed E-state index contributed by atoms with van der Waals surface area (Å²) in [6.07, 6.45) is 1.60. The quantitative estimate of drug-likeness (QED) is 0.760. The standard InChI is InChI=1S/C16H17N3O3S/c1-21-10-12-9-19(16(20)22-12)11-5-6-13-14(8-11)23-15(18-13)4-2-3-7-17/h5-6,8,12H,2-4,9-10H2,1H3/t12-/m0/s1. The number of carbonyl (C=O) groups excluding carboxylic acids is 1. The summed E-state index contributed by atoms with van der Waals surface area (Å²) in [5.41, 5.74) is 1.74. The molecule has 1 atom stereocenters. The number of hydrogen-bond acceptors (Lipinski definition) is 6. The first-order valence-corrected chi connectivity index (χ1v) is 8.26. The molecule has 1 aliphatic rings. The summed E-state index contributed by atoms with van der Waals surface area (Å²) in [5.74, 6) is 0. The molecule has 1 saturated heterocycles. The predicted octanol–water partition coefficient (Wildman–Crippen LogP) is 3.11. The van der Waals surface area contributed by atoms with Gasteiger partial charge in [-0.25, -0.2) is 9.78 Å². The van der Waals surface area contributed by atoms with E-state index in [-0.39, 0.29) is 12.2 Å². The molecule has 6 nitrogen and oxygen atoms in total. The van der Waals surface area contributed by atoms with E-state index in [1.165, 1.54) is 0 Å². The molecular weight excluding hydrogens is 314 g/mol. The fourth-order valence-corrected chi connectivity index (χ4v) is 3.60. The molecular formula is C16H17N3O3S. The van der Waals surface area contributed by atoms with Gasteiger partial charge in [0.25, 0.3) is 0 Å². The molecule has 0 saturated carbocycles. The number of carbonyl (C=O) groups is 1. The first-order chi connectivity index (χ1) is 11.2. The van der Waals surface area contributed by atoms with Gasteiger partial charge in [0, 0.05) is 25.6 Å². The van der Waals surface area contributed by atoms with Crippen molar-refractivity contribution < 1.29 is 14.3 Å². The minimum Gasteiger partial charge on any atom is -0.441 e. The van der Waals surface area contributed by atoms with Crippen molar-refractivity contribution in [1.82, 2.24) is 4.98 Å². The molecule has 1 aliphatic heterocycles. The van der Waals surface area contributed by atoms with E-state index < -0.39 is 0 Å². The first kappa shape index (κ1) is 15.7. The van der Waals surface area contributed by atoms with Crippen molar-refractivity contribution in [2.24, 2.45) is 0 Å². The zero-order valence-corrected chi connectivity index (χ0v) is 13.6. The lowest BCUT2D eigenvalue weighted by Crippen LogP contribution is -2.25. The van der Waals surface area contributed by atoms with Crippen LogP contribution in [0.4, 0.5) is 10.5 Å². The van der Waals surface area contributed by atoms with Crippen LogP contribution in [0.5, 0.6) is 0 Å². The third-order valence-electron chi connectivity index (χ3n) is 3.63. The number of ether oxygens (including phenoxy) is 2. The number of nitrogens with zero attached hydrogens (tertiary/aromatic N) is 3. The monoisotopic (exact) mass is 331 g/mol. The molecule has 120 valence electrons. The maximum Gasteiger partial charge on any atom is 0.414 e. The molecule has 0 aliphatic carbocycles. The van der Waals surface area contributed by atoms with Crippen LogP contribution in [-0.4, -0.2) is 37.4 Å². The molecule has 7 heteroatoms. The number of cyclic esters (lactones) is 1. The highest BCUT2D eigenvalue weighted by Crippen LogP contribution is 2.30. The number of unbranched alkanes of at least 4 members (excludes halogenated alkanes) is 1. The van der Waals surface area contributed by atoms with Crippen molar-refractivity contribution in [2.75, 3.05) is 25.2 Å².